The van der Waals surface area contributed by atoms with Crippen molar-refractivity contribution in [2.75, 3.05) is 13.7 Å². The summed E-state index contributed by atoms with van der Waals surface area (Å²) >= 11 is 1.15. The van der Waals surface area contributed by atoms with E-state index < -0.39 is 15.1 Å². The van der Waals surface area contributed by atoms with Crippen LogP contribution >= 0.6 is 11.3 Å². The number of amides is 1. The number of sulfone groups is 1. The number of nitrogens with zero attached hydrogens (tertiary/aromatic N) is 1. The van der Waals surface area contributed by atoms with Crippen molar-refractivity contribution < 1.29 is 17.9 Å². The first-order valence-corrected chi connectivity index (χ1v) is 10.5. The molecular weight excluding hydrogens is 384 g/mol. The molecule has 0 fully saturated rings. The van der Waals surface area contributed by atoms with Gasteiger partial charge in [-0.05, 0) is 41.3 Å². The van der Waals surface area contributed by atoms with Crippen molar-refractivity contribution in [3.05, 3.63) is 77.4 Å². The molecule has 0 aliphatic rings. The van der Waals surface area contributed by atoms with E-state index in [1.807, 2.05) is 0 Å². The number of carbonyl (C=O) groups excluding carboxylic acids is 1. The fourth-order valence-corrected chi connectivity index (χ4v) is 5.44. The normalized spacial score (nSPS) is 12.3. The van der Waals surface area contributed by atoms with Crippen LogP contribution in [0.15, 0.2) is 70.5 Å². The van der Waals surface area contributed by atoms with E-state index in [0.717, 1.165) is 11.3 Å². The van der Waals surface area contributed by atoms with Gasteiger partial charge in [0, 0.05) is 24.5 Å². The van der Waals surface area contributed by atoms with Crippen LogP contribution in [0, 0.1) is 0 Å². The zero-order valence-electron chi connectivity index (χ0n) is 14.5. The number of thiophene rings is 1. The van der Waals surface area contributed by atoms with Gasteiger partial charge in [-0.2, -0.15) is 0 Å². The molecule has 1 N–H and O–H groups in total. The Labute approximate surface area is 161 Å². The molecule has 0 radical (unpaired) electrons. The molecule has 0 aliphatic carbocycles. The van der Waals surface area contributed by atoms with Crippen LogP contribution in [0.2, 0.25) is 0 Å². The number of nitrogens with one attached hydrogen (secondary N) is 1. The van der Waals surface area contributed by atoms with Gasteiger partial charge in [-0.15, -0.1) is 11.3 Å². The second-order valence-electron chi connectivity index (χ2n) is 5.69. The lowest BCUT2D eigenvalue weighted by atomic mass is 10.2. The smallest absolute Gasteiger partial charge is 0.251 e. The third-order valence-electron chi connectivity index (χ3n) is 3.99. The lowest BCUT2D eigenvalue weighted by Crippen LogP contribution is -2.31. The van der Waals surface area contributed by atoms with E-state index in [4.69, 9.17) is 4.74 Å². The van der Waals surface area contributed by atoms with E-state index in [1.165, 1.54) is 13.3 Å². The Bertz CT molecular complexity index is 1000. The predicted octanol–water partition coefficient (Wildman–Crippen LogP) is 3.10. The van der Waals surface area contributed by atoms with Gasteiger partial charge in [-0.1, -0.05) is 18.2 Å². The monoisotopic (exact) mass is 402 g/mol. The molecule has 0 saturated carbocycles. The van der Waals surface area contributed by atoms with Crippen molar-refractivity contribution in [1.82, 2.24) is 10.3 Å². The number of methoxy groups -OCH3 is 1. The van der Waals surface area contributed by atoms with Gasteiger partial charge >= 0.3 is 0 Å². The Morgan fingerprint density at radius 1 is 1.22 bits per heavy atom. The maximum atomic E-state index is 13.1. The van der Waals surface area contributed by atoms with Crippen LogP contribution in [0.25, 0.3) is 0 Å². The van der Waals surface area contributed by atoms with Crippen molar-refractivity contribution >= 4 is 27.1 Å². The number of pyridine rings is 1. The van der Waals surface area contributed by atoms with Crippen LogP contribution in [0.4, 0.5) is 0 Å². The first-order chi connectivity index (χ1) is 13.0. The Morgan fingerprint density at radius 2 is 2.07 bits per heavy atom. The van der Waals surface area contributed by atoms with Crippen molar-refractivity contribution in [2.24, 2.45) is 0 Å². The molecule has 2 aromatic heterocycles. The van der Waals surface area contributed by atoms with Crippen LogP contribution in [0.3, 0.4) is 0 Å². The summed E-state index contributed by atoms with van der Waals surface area (Å²) in [6.07, 6.45) is 3.08. The Morgan fingerprint density at radius 3 is 2.74 bits per heavy atom. The molecule has 1 amide bonds. The third kappa shape index (κ3) is 4.35. The van der Waals surface area contributed by atoms with Gasteiger partial charge in [0.15, 0.2) is 9.84 Å². The average Bonchev–Trinajstić information content (AvgIpc) is 3.24. The van der Waals surface area contributed by atoms with Gasteiger partial charge in [-0.3, -0.25) is 9.78 Å². The maximum Gasteiger partial charge on any atom is 0.251 e. The number of carbonyl (C=O) groups is 1. The topological polar surface area (TPSA) is 85.4 Å². The van der Waals surface area contributed by atoms with Gasteiger partial charge in [-0.25, -0.2) is 8.42 Å². The Balaban J connectivity index is 1.85. The number of aromatic nitrogens is 1. The molecule has 6 nitrogen and oxygen atoms in total. The molecule has 1 atom stereocenters. The summed E-state index contributed by atoms with van der Waals surface area (Å²) in [4.78, 5) is 16.5. The van der Waals surface area contributed by atoms with Crippen LogP contribution in [-0.4, -0.2) is 33.0 Å². The second-order valence-corrected chi connectivity index (χ2v) is 9.00. The highest BCUT2D eigenvalue weighted by molar-refractivity contribution is 7.93. The van der Waals surface area contributed by atoms with Crippen LogP contribution in [0.1, 0.15) is 21.2 Å². The van der Waals surface area contributed by atoms with E-state index in [2.05, 4.69) is 10.3 Å². The summed E-state index contributed by atoms with van der Waals surface area (Å²) in [5.41, 5.74) is 0.921. The third-order valence-corrected chi connectivity index (χ3v) is 7.52. The van der Waals surface area contributed by atoms with E-state index in [9.17, 15) is 13.2 Å². The standard InChI is InChI=1S/C19H18N2O4S2/c1-25-16-7-2-5-14(11-16)19(22)21-13-17(15-6-3-9-20-12-15)27(23,24)18-8-4-10-26-18/h2-12,17H,13H2,1H3,(H,21,22)/t17-/m0/s1. The fraction of sp³-hybridized carbons (Fsp3) is 0.158. The molecule has 0 aliphatic heterocycles. The van der Waals surface area contributed by atoms with E-state index >= 15 is 0 Å². The highest BCUT2D eigenvalue weighted by Crippen LogP contribution is 2.30. The van der Waals surface area contributed by atoms with Gasteiger partial charge in [0.1, 0.15) is 15.2 Å². The molecule has 0 unspecified atom stereocenters. The Kier molecular flexibility index (Phi) is 5.88. The molecular formula is C19H18N2O4S2. The first-order valence-electron chi connectivity index (χ1n) is 8.12. The quantitative estimate of drug-likeness (QED) is 0.656. The van der Waals surface area contributed by atoms with Gasteiger partial charge in [0.2, 0.25) is 0 Å². The molecule has 0 saturated heterocycles. The summed E-state index contributed by atoms with van der Waals surface area (Å²) in [7, 11) is -2.15. The maximum absolute atomic E-state index is 13.1. The van der Waals surface area contributed by atoms with E-state index in [1.54, 1.807) is 60.1 Å². The number of hydrogen-bond donors (Lipinski definition) is 1. The summed E-state index contributed by atoms with van der Waals surface area (Å²) in [6.45, 7) is -0.0675. The van der Waals surface area contributed by atoms with Crippen LogP contribution in [0.5, 0.6) is 5.75 Å². The zero-order valence-corrected chi connectivity index (χ0v) is 16.2. The molecule has 0 spiro atoms. The van der Waals surface area contributed by atoms with Crippen molar-refractivity contribution in [3.8, 4) is 5.75 Å². The molecule has 3 rings (SSSR count). The van der Waals surface area contributed by atoms with Crippen LogP contribution in [-0.2, 0) is 9.84 Å². The largest absolute Gasteiger partial charge is 0.497 e. The van der Waals surface area contributed by atoms with Gasteiger partial charge in [0.05, 0.1) is 7.11 Å². The highest BCUT2D eigenvalue weighted by atomic mass is 32.2. The molecule has 27 heavy (non-hydrogen) atoms. The molecule has 1 aromatic carbocycles. The van der Waals surface area contributed by atoms with E-state index in [-0.39, 0.29) is 16.7 Å². The predicted molar refractivity (Wildman–Crippen MR) is 104 cm³/mol. The SMILES string of the molecule is COc1cccc(C(=O)NC[C@@H](c2cccnc2)S(=O)(=O)c2cccs2)c1. The molecule has 140 valence electrons. The van der Waals surface area contributed by atoms with Crippen molar-refractivity contribution in [3.63, 3.8) is 0 Å². The average molecular weight is 402 g/mol. The number of benzene rings is 1. The summed E-state index contributed by atoms with van der Waals surface area (Å²) in [5, 5.41) is 3.50. The zero-order chi connectivity index (χ0) is 19.3. The van der Waals surface area contributed by atoms with Crippen LogP contribution < -0.4 is 10.1 Å². The molecule has 8 heteroatoms. The summed E-state index contributed by atoms with van der Waals surface area (Å²) in [6, 6.07) is 13.3. The Hall–Kier alpha value is -2.71. The molecule has 3 aromatic rings. The first kappa shape index (κ1) is 19.1. The minimum atomic E-state index is -3.66. The lowest BCUT2D eigenvalue weighted by molar-refractivity contribution is 0.0953. The minimum absolute atomic E-state index is 0.0675. The van der Waals surface area contributed by atoms with Gasteiger partial charge < -0.3 is 10.1 Å². The van der Waals surface area contributed by atoms with Gasteiger partial charge in [0.25, 0.3) is 5.91 Å². The molecule has 0 bridgehead atoms. The second kappa shape index (κ2) is 8.32. The van der Waals surface area contributed by atoms with E-state index in [0.29, 0.717) is 16.9 Å². The van der Waals surface area contributed by atoms with Crippen molar-refractivity contribution in [2.45, 2.75) is 9.46 Å². The summed E-state index contributed by atoms with van der Waals surface area (Å²) < 4.78 is 31.5. The highest BCUT2D eigenvalue weighted by Gasteiger charge is 2.30. The number of ether oxygens (including phenoxy) is 1. The lowest BCUT2D eigenvalue weighted by Gasteiger charge is -2.18. The fourth-order valence-electron chi connectivity index (χ4n) is 2.59. The summed E-state index contributed by atoms with van der Waals surface area (Å²) in [5.74, 6) is 0.182. The number of rotatable bonds is 7. The number of hydrogen-bond acceptors (Lipinski definition) is 6. The van der Waals surface area contributed by atoms with Crippen molar-refractivity contribution in [1.29, 1.82) is 0 Å². The molecule has 2 heterocycles. The minimum Gasteiger partial charge on any atom is -0.497 e.